The summed E-state index contributed by atoms with van der Waals surface area (Å²) in [6, 6.07) is 29.2. The van der Waals surface area contributed by atoms with Gasteiger partial charge in [0.25, 0.3) is 5.91 Å². The Kier molecular flexibility index (Phi) is 12.2. The molecule has 62 heavy (non-hydrogen) atoms. The number of nitrogens with zero attached hydrogens (tertiary/aromatic N) is 5. The molecular formula is C49H48N5O6SY+. The second kappa shape index (κ2) is 17.5. The van der Waals surface area contributed by atoms with E-state index in [1.807, 2.05) is 114 Å². The van der Waals surface area contributed by atoms with Crippen molar-refractivity contribution in [2.24, 2.45) is 0 Å². The van der Waals surface area contributed by atoms with Gasteiger partial charge in [-0.1, -0.05) is 36.4 Å². The fourth-order valence-corrected chi connectivity index (χ4v) is 9.46. The summed E-state index contributed by atoms with van der Waals surface area (Å²) in [5.74, 6) is 1.72. The molecule has 0 N–H and O–H groups in total. The summed E-state index contributed by atoms with van der Waals surface area (Å²) >= 11 is 1.47. The van der Waals surface area contributed by atoms with Crippen molar-refractivity contribution in [3.8, 4) is 17.2 Å². The number of hydrogen-bond donors (Lipinski definition) is 0. The van der Waals surface area contributed by atoms with Crippen LogP contribution in [-0.4, -0.2) is 91.1 Å². The van der Waals surface area contributed by atoms with E-state index in [0.717, 1.165) is 51.4 Å². The number of carbonyl (C=O) groups is 3. The fourth-order valence-electron chi connectivity index (χ4n) is 9.02. The van der Waals surface area contributed by atoms with Crippen LogP contribution in [0.15, 0.2) is 91.0 Å². The van der Waals surface area contributed by atoms with Crippen molar-refractivity contribution in [1.29, 1.82) is 0 Å². The van der Waals surface area contributed by atoms with Crippen LogP contribution < -0.4 is 28.9 Å². The van der Waals surface area contributed by atoms with Gasteiger partial charge in [0, 0.05) is 88.0 Å². The van der Waals surface area contributed by atoms with Crippen LogP contribution in [0, 0.1) is 6.92 Å². The molecule has 2 atom stereocenters. The van der Waals surface area contributed by atoms with Crippen molar-refractivity contribution in [1.82, 2.24) is 0 Å². The number of thioether (sulfide) groups is 1. The molecule has 0 unspecified atom stereocenters. The molecule has 5 aromatic carbocycles. The molecule has 0 aromatic heterocycles. The van der Waals surface area contributed by atoms with E-state index in [2.05, 4.69) is 29.8 Å². The quantitative estimate of drug-likeness (QED) is 0.105. The molecule has 4 aliphatic heterocycles. The Morgan fingerprint density at radius 3 is 2.06 bits per heavy atom. The Balaban J connectivity index is 0.00000529. The predicted octanol–water partition coefficient (Wildman–Crippen LogP) is 7.61. The molecule has 0 aliphatic carbocycles. The van der Waals surface area contributed by atoms with Crippen molar-refractivity contribution in [2.45, 2.75) is 52.0 Å². The number of anilines is 3. The summed E-state index contributed by atoms with van der Waals surface area (Å²) in [7, 11) is 7.25. The Labute approximate surface area is 391 Å². The van der Waals surface area contributed by atoms with E-state index in [1.54, 1.807) is 25.1 Å². The first-order chi connectivity index (χ1) is 29.4. The molecule has 313 valence electrons. The number of aryl methyl sites for hydroxylation is 1. The topological polar surface area (TPSA) is 94.6 Å². The molecule has 0 bridgehead atoms. The van der Waals surface area contributed by atoms with E-state index in [9.17, 15) is 14.4 Å². The molecule has 9 rings (SSSR count). The zero-order valence-electron chi connectivity index (χ0n) is 36.0. The number of hydrogen-bond acceptors (Lipinski definition) is 7. The van der Waals surface area contributed by atoms with E-state index >= 15 is 0 Å². The van der Waals surface area contributed by atoms with Gasteiger partial charge in [-0.3, -0.25) is 19.3 Å². The number of methoxy groups -OCH3 is 1. The van der Waals surface area contributed by atoms with Crippen LogP contribution in [-0.2, 0) is 63.6 Å². The standard InChI is InChI=1S/C49H48N5O6S.Y/c1-29-16-37-43(51(4)30(2)41-21-34-13-9-11-15-40(34)54(41)49(37)57)24-44(29)59-26-31-17-32(19-35(18-31)52(5)47(55)28-61-7)27-60-46-23-42-38(22-45(46)58-6)48(56)53-36(25-50(42)3)20-33-12-8-10-14-39(33)53;/h8-19,22-24,36,41H,20-21,26-28H2,1-7H3;/q+1;/t36-,41-;/m0./s1. The summed E-state index contributed by atoms with van der Waals surface area (Å²) in [4.78, 5) is 46.9. The SMILES string of the molecule is COc1cc2c(cc1OCc1cc(COc3cc4c(cc3C)C(=O)N3c5ccccc5C[C@H]3C(C)=[N+]4C)cc(N(C)C(=O)CSC)c1)[N+](C)=[C-][C@@H]1Cc3ccccc3N1C2=O.[Y]. The number of amides is 3. The summed E-state index contributed by atoms with van der Waals surface area (Å²) in [6.45, 7) is 4.40. The van der Waals surface area contributed by atoms with Gasteiger partial charge < -0.3 is 28.6 Å². The van der Waals surface area contributed by atoms with Crippen molar-refractivity contribution in [3.63, 3.8) is 0 Å². The van der Waals surface area contributed by atoms with Crippen LogP contribution in [0.4, 0.5) is 28.4 Å². The minimum atomic E-state index is -0.233. The van der Waals surface area contributed by atoms with Gasteiger partial charge in [0.2, 0.25) is 17.5 Å². The van der Waals surface area contributed by atoms with Gasteiger partial charge >= 0.3 is 0 Å². The van der Waals surface area contributed by atoms with Crippen molar-refractivity contribution in [3.05, 3.63) is 130 Å². The third-order valence-electron chi connectivity index (χ3n) is 12.4. The maximum atomic E-state index is 14.2. The first kappa shape index (κ1) is 43.4. The minimum Gasteiger partial charge on any atom is -0.493 e. The van der Waals surface area contributed by atoms with E-state index in [1.165, 1.54) is 17.3 Å². The monoisotopic (exact) mass is 923 g/mol. The van der Waals surface area contributed by atoms with E-state index in [-0.39, 0.29) is 75.7 Å². The third-order valence-corrected chi connectivity index (χ3v) is 12.9. The molecule has 0 saturated heterocycles. The first-order valence-corrected chi connectivity index (χ1v) is 21.8. The van der Waals surface area contributed by atoms with Crippen LogP contribution >= 0.6 is 11.8 Å². The normalized spacial score (nSPS) is 17.0. The smallest absolute Gasteiger partial charge is 0.265 e. The van der Waals surface area contributed by atoms with Crippen molar-refractivity contribution in [2.75, 3.05) is 55.0 Å². The molecule has 11 nitrogen and oxygen atoms in total. The van der Waals surface area contributed by atoms with Gasteiger partial charge in [-0.2, -0.15) is 11.8 Å². The Morgan fingerprint density at radius 2 is 1.39 bits per heavy atom. The van der Waals surface area contributed by atoms with Crippen molar-refractivity contribution >= 4 is 69.8 Å². The number of ether oxygens (including phenoxy) is 3. The molecular weight excluding hydrogens is 876 g/mol. The summed E-state index contributed by atoms with van der Waals surface area (Å²) < 4.78 is 22.9. The van der Waals surface area contributed by atoms with E-state index < -0.39 is 0 Å². The number of benzene rings is 5. The minimum absolute atomic E-state index is 0. The van der Waals surface area contributed by atoms with Crippen LogP contribution in [0.25, 0.3) is 0 Å². The maximum absolute atomic E-state index is 14.2. The zero-order valence-corrected chi connectivity index (χ0v) is 39.7. The zero-order chi connectivity index (χ0) is 42.7. The fraction of sp³-hybridized carbons (Fsp3) is 0.286. The Bertz CT molecular complexity index is 2730. The number of rotatable bonds is 10. The first-order valence-electron chi connectivity index (χ1n) is 20.4. The summed E-state index contributed by atoms with van der Waals surface area (Å²) in [6.07, 6.45) is 6.86. The molecule has 0 saturated carbocycles. The van der Waals surface area contributed by atoms with Crippen LogP contribution in [0.5, 0.6) is 17.2 Å². The van der Waals surface area contributed by atoms with Crippen molar-refractivity contribution < 1.29 is 70.5 Å². The maximum Gasteiger partial charge on any atom is 0.265 e. The molecule has 0 fully saturated rings. The van der Waals surface area contributed by atoms with Crippen LogP contribution in [0.3, 0.4) is 0 Å². The van der Waals surface area contributed by atoms with Gasteiger partial charge in [-0.05, 0) is 95.9 Å². The Hall–Kier alpha value is -5.30. The summed E-state index contributed by atoms with van der Waals surface area (Å²) in [5, 5.41) is 0. The molecule has 4 heterocycles. The predicted molar refractivity (Wildman–Crippen MR) is 240 cm³/mol. The molecule has 13 heteroatoms. The van der Waals surface area contributed by atoms with E-state index in [0.29, 0.717) is 51.9 Å². The van der Waals surface area contributed by atoms with E-state index in [4.69, 9.17) is 14.2 Å². The average molecular weight is 924 g/mol. The Morgan fingerprint density at radius 1 is 0.790 bits per heavy atom. The van der Waals surface area contributed by atoms with Crippen LogP contribution in [0.1, 0.15) is 55.5 Å². The number of fused-ring (bicyclic) bond motifs is 8. The molecule has 4 aliphatic rings. The van der Waals surface area contributed by atoms with Gasteiger partial charge in [0.05, 0.1) is 24.6 Å². The largest absolute Gasteiger partial charge is 0.493 e. The van der Waals surface area contributed by atoms with Gasteiger partial charge in [0.1, 0.15) is 50.4 Å². The molecule has 0 spiro atoms. The van der Waals surface area contributed by atoms with Gasteiger partial charge in [0.15, 0.2) is 11.5 Å². The molecule has 5 aromatic rings. The average Bonchev–Trinajstić information content (AvgIpc) is 3.80. The second-order valence-corrected chi connectivity index (χ2v) is 16.9. The van der Waals surface area contributed by atoms with Gasteiger partial charge in [-0.25, -0.2) is 4.58 Å². The number of para-hydroxylation sites is 2. The molecule has 1 radical (unpaired) electrons. The summed E-state index contributed by atoms with van der Waals surface area (Å²) in [5.41, 5.74) is 11.0. The second-order valence-electron chi connectivity index (χ2n) is 16.1. The number of carbonyl (C=O) groups excluding carboxylic acids is 3. The van der Waals surface area contributed by atoms with Crippen LogP contribution in [0.2, 0.25) is 0 Å². The third kappa shape index (κ3) is 7.64. The molecule has 3 amide bonds. The van der Waals surface area contributed by atoms with Gasteiger partial charge in [-0.15, -0.1) is 0 Å².